The third-order valence-electron chi connectivity index (χ3n) is 6.70. The molecule has 1 amide bonds. The number of likely N-dealkylation sites (tertiary alicyclic amines) is 1. The summed E-state index contributed by atoms with van der Waals surface area (Å²) in [6, 6.07) is 6.74. The first-order valence-electron chi connectivity index (χ1n) is 12.2. The van der Waals surface area contributed by atoms with Crippen LogP contribution in [0, 0.1) is 11.6 Å². The lowest BCUT2D eigenvalue weighted by Gasteiger charge is -2.30. The zero-order valence-electron chi connectivity index (χ0n) is 20.1. The summed E-state index contributed by atoms with van der Waals surface area (Å²) in [7, 11) is 0. The molecule has 2 atom stereocenters. The molecule has 3 aromatic rings. The van der Waals surface area contributed by atoms with Gasteiger partial charge in [0.2, 0.25) is 0 Å². The topological polar surface area (TPSA) is 90.8 Å². The van der Waals surface area contributed by atoms with Gasteiger partial charge in [-0.2, -0.15) is 0 Å². The summed E-state index contributed by atoms with van der Waals surface area (Å²) in [4.78, 5) is 26.6. The molecule has 2 saturated heterocycles. The van der Waals surface area contributed by atoms with Crippen LogP contribution in [0.2, 0.25) is 0 Å². The van der Waals surface area contributed by atoms with Gasteiger partial charge in [-0.15, -0.1) is 0 Å². The molecular formula is C26H29F2N5O3. The second-order valence-corrected chi connectivity index (χ2v) is 9.30. The number of nitrogens with one attached hydrogen (secondary N) is 1. The van der Waals surface area contributed by atoms with Gasteiger partial charge in [0, 0.05) is 49.1 Å². The molecule has 2 N–H and O–H groups in total. The van der Waals surface area contributed by atoms with Crippen LogP contribution in [-0.2, 0) is 4.74 Å². The molecule has 2 unspecified atom stereocenters. The summed E-state index contributed by atoms with van der Waals surface area (Å²) in [5.41, 5.74) is 2.74. The van der Waals surface area contributed by atoms with Crippen molar-refractivity contribution >= 4 is 28.4 Å². The predicted octanol–water partition coefficient (Wildman–Crippen LogP) is 3.51. The standard InChI is InChI=1S/C26H29F2N5O3/c1-16(30-18-4-5-21(27)22(28)13-18)20-11-17(26(35)33-6-2-3-19(34)15-33)12-23-25(20)31-24(14-29-23)32-7-9-36-10-8-32/h4-5,11-14,16,19,30,34H,2-3,6-10,15H2,1H3. The first-order valence-corrected chi connectivity index (χ1v) is 12.2. The van der Waals surface area contributed by atoms with Crippen molar-refractivity contribution in [2.45, 2.75) is 31.9 Å². The number of benzene rings is 2. The Kier molecular flexibility index (Phi) is 6.97. The quantitative estimate of drug-likeness (QED) is 0.558. The molecule has 3 heterocycles. The van der Waals surface area contributed by atoms with E-state index >= 15 is 0 Å². The molecule has 5 rings (SSSR count). The number of hydrogen-bond acceptors (Lipinski definition) is 7. The van der Waals surface area contributed by atoms with Gasteiger partial charge < -0.3 is 25.0 Å². The summed E-state index contributed by atoms with van der Waals surface area (Å²) in [6.45, 7) is 5.35. The van der Waals surface area contributed by atoms with Crippen molar-refractivity contribution < 1.29 is 23.4 Å². The monoisotopic (exact) mass is 497 g/mol. The maximum Gasteiger partial charge on any atom is 0.254 e. The fourth-order valence-electron chi connectivity index (χ4n) is 4.77. The number of carbonyl (C=O) groups is 1. The Morgan fingerprint density at radius 3 is 2.72 bits per heavy atom. The summed E-state index contributed by atoms with van der Waals surface area (Å²) >= 11 is 0. The van der Waals surface area contributed by atoms with E-state index in [0.29, 0.717) is 72.9 Å². The van der Waals surface area contributed by atoms with Gasteiger partial charge in [0.25, 0.3) is 5.91 Å². The lowest BCUT2D eigenvalue weighted by atomic mass is 10.00. The van der Waals surface area contributed by atoms with Crippen molar-refractivity contribution in [3.63, 3.8) is 0 Å². The number of amides is 1. The first kappa shape index (κ1) is 24.3. The zero-order chi connectivity index (χ0) is 25.2. The number of carbonyl (C=O) groups excluding carboxylic acids is 1. The van der Waals surface area contributed by atoms with Crippen LogP contribution in [0.15, 0.2) is 36.5 Å². The number of anilines is 2. The number of aromatic nitrogens is 2. The fourth-order valence-corrected chi connectivity index (χ4v) is 4.77. The molecule has 0 aliphatic carbocycles. The SMILES string of the molecule is CC(Nc1ccc(F)c(F)c1)c1cc(C(=O)N2CCCC(O)C2)cc2ncc(N3CCOCC3)nc12. The highest BCUT2D eigenvalue weighted by Crippen LogP contribution is 2.30. The van der Waals surface area contributed by atoms with E-state index in [2.05, 4.69) is 15.2 Å². The van der Waals surface area contributed by atoms with E-state index in [-0.39, 0.29) is 12.5 Å². The summed E-state index contributed by atoms with van der Waals surface area (Å²) in [5.74, 6) is -1.34. The van der Waals surface area contributed by atoms with Crippen LogP contribution in [0.4, 0.5) is 20.3 Å². The van der Waals surface area contributed by atoms with Gasteiger partial charge in [-0.25, -0.2) is 13.8 Å². The Balaban J connectivity index is 1.54. The Morgan fingerprint density at radius 2 is 1.97 bits per heavy atom. The average Bonchev–Trinajstić information content (AvgIpc) is 2.90. The Hall–Kier alpha value is -3.37. The van der Waals surface area contributed by atoms with E-state index in [9.17, 15) is 18.7 Å². The number of β-amino-alcohol motifs (C(OH)–C–C–N with tert-alkyl or cyclic N) is 1. The normalized spacial score (nSPS) is 19.4. The van der Waals surface area contributed by atoms with E-state index in [1.807, 2.05) is 6.92 Å². The van der Waals surface area contributed by atoms with E-state index < -0.39 is 23.8 Å². The summed E-state index contributed by atoms with van der Waals surface area (Å²) in [5, 5.41) is 13.3. The highest BCUT2D eigenvalue weighted by Gasteiger charge is 2.25. The smallest absolute Gasteiger partial charge is 0.254 e. The number of aliphatic hydroxyl groups excluding tert-OH is 1. The van der Waals surface area contributed by atoms with Crippen LogP contribution in [0.3, 0.4) is 0 Å². The van der Waals surface area contributed by atoms with Gasteiger partial charge in [0.05, 0.1) is 42.6 Å². The van der Waals surface area contributed by atoms with Gasteiger partial charge in [-0.3, -0.25) is 9.78 Å². The number of piperidine rings is 1. The molecule has 2 aliphatic heterocycles. The minimum Gasteiger partial charge on any atom is -0.391 e. The number of morpholine rings is 1. The minimum atomic E-state index is -0.945. The van der Waals surface area contributed by atoms with Crippen molar-refractivity contribution in [1.82, 2.24) is 14.9 Å². The number of hydrogen-bond donors (Lipinski definition) is 2. The van der Waals surface area contributed by atoms with Crippen molar-refractivity contribution in [2.75, 3.05) is 49.6 Å². The van der Waals surface area contributed by atoms with E-state index in [0.717, 1.165) is 18.6 Å². The second-order valence-electron chi connectivity index (χ2n) is 9.30. The average molecular weight is 498 g/mol. The third kappa shape index (κ3) is 5.10. The van der Waals surface area contributed by atoms with Crippen LogP contribution in [0.5, 0.6) is 0 Å². The Morgan fingerprint density at radius 1 is 1.17 bits per heavy atom. The third-order valence-corrected chi connectivity index (χ3v) is 6.70. The van der Waals surface area contributed by atoms with Crippen LogP contribution < -0.4 is 10.2 Å². The van der Waals surface area contributed by atoms with E-state index in [1.54, 1.807) is 23.2 Å². The van der Waals surface area contributed by atoms with Crippen molar-refractivity contribution in [3.05, 3.63) is 59.3 Å². The number of aliphatic hydroxyl groups is 1. The van der Waals surface area contributed by atoms with Crippen molar-refractivity contribution in [2.24, 2.45) is 0 Å². The molecule has 0 saturated carbocycles. The van der Waals surface area contributed by atoms with Crippen LogP contribution >= 0.6 is 0 Å². The molecule has 2 aromatic carbocycles. The molecule has 0 bridgehead atoms. The van der Waals surface area contributed by atoms with E-state index in [4.69, 9.17) is 9.72 Å². The second kappa shape index (κ2) is 10.3. The summed E-state index contributed by atoms with van der Waals surface area (Å²) in [6.07, 6.45) is 2.58. The molecule has 2 fully saturated rings. The lowest BCUT2D eigenvalue weighted by Crippen LogP contribution is -2.42. The predicted molar refractivity (Wildman–Crippen MR) is 132 cm³/mol. The molecule has 2 aliphatic rings. The van der Waals surface area contributed by atoms with Crippen molar-refractivity contribution in [3.8, 4) is 0 Å². The van der Waals surface area contributed by atoms with Gasteiger partial charge in [-0.05, 0) is 44.0 Å². The van der Waals surface area contributed by atoms with Gasteiger partial charge in [-0.1, -0.05) is 0 Å². The number of rotatable bonds is 5. The molecule has 0 radical (unpaired) electrons. The maximum atomic E-state index is 13.8. The molecule has 8 nitrogen and oxygen atoms in total. The Bertz CT molecular complexity index is 1270. The molecular weight excluding hydrogens is 468 g/mol. The maximum absolute atomic E-state index is 13.8. The van der Waals surface area contributed by atoms with Crippen LogP contribution in [-0.4, -0.2) is 71.4 Å². The molecule has 190 valence electrons. The number of fused-ring (bicyclic) bond motifs is 1. The highest BCUT2D eigenvalue weighted by molar-refractivity contribution is 5.98. The zero-order valence-corrected chi connectivity index (χ0v) is 20.1. The number of ether oxygens (including phenoxy) is 1. The Labute approximate surface area is 207 Å². The fraction of sp³-hybridized carbons (Fsp3) is 0.423. The number of halogens is 2. The lowest BCUT2D eigenvalue weighted by molar-refractivity contribution is 0.0474. The van der Waals surface area contributed by atoms with Gasteiger partial charge >= 0.3 is 0 Å². The number of nitrogens with zero attached hydrogens (tertiary/aromatic N) is 4. The molecule has 1 aromatic heterocycles. The largest absolute Gasteiger partial charge is 0.391 e. The first-order chi connectivity index (χ1) is 17.4. The van der Waals surface area contributed by atoms with Crippen LogP contribution in [0.25, 0.3) is 11.0 Å². The molecule has 36 heavy (non-hydrogen) atoms. The van der Waals surface area contributed by atoms with E-state index in [1.165, 1.54) is 6.07 Å². The molecule has 10 heteroatoms. The summed E-state index contributed by atoms with van der Waals surface area (Å²) < 4.78 is 32.7. The van der Waals surface area contributed by atoms with Gasteiger partial charge in [0.1, 0.15) is 5.82 Å². The highest BCUT2D eigenvalue weighted by atomic mass is 19.2. The minimum absolute atomic E-state index is 0.184. The van der Waals surface area contributed by atoms with Crippen molar-refractivity contribution in [1.29, 1.82) is 0 Å². The molecule has 0 spiro atoms. The van der Waals surface area contributed by atoms with Crippen LogP contribution in [0.1, 0.15) is 41.7 Å². The van der Waals surface area contributed by atoms with Gasteiger partial charge in [0.15, 0.2) is 11.6 Å².